The second-order valence-electron chi connectivity index (χ2n) is 5.69. The number of aryl methyl sites for hydroxylation is 1. The Labute approximate surface area is 139 Å². The summed E-state index contributed by atoms with van der Waals surface area (Å²) in [6.45, 7) is 5.98. The molecule has 3 rings (SSSR count). The third kappa shape index (κ3) is 2.94. The molecule has 0 saturated heterocycles. The van der Waals surface area contributed by atoms with Crippen molar-refractivity contribution < 1.29 is 8.42 Å². The highest BCUT2D eigenvalue weighted by atomic mass is 32.2. The zero-order chi connectivity index (χ0) is 16.6. The Hall–Kier alpha value is -1.99. The molecule has 1 heterocycles. The van der Waals surface area contributed by atoms with Gasteiger partial charge < -0.3 is 0 Å². The molecule has 0 aliphatic carbocycles. The van der Waals surface area contributed by atoms with Gasteiger partial charge in [-0.1, -0.05) is 38.1 Å². The third-order valence-electron chi connectivity index (χ3n) is 3.70. The van der Waals surface area contributed by atoms with Gasteiger partial charge in [0.05, 0.1) is 17.4 Å². The molecule has 0 atom stereocenters. The van der Waals surface area contributed by atoms with Crippen LogP contribution in [0.1, 0.15) is 30.9 Å². The third-order valence-corrected chi connectivity index (χ3v) is 5.63. The fourth-order valence-electron chi connectivity index (χ4n) is 2.50. The van der Waals surface area contributed by atoms with Gasteiger partial charge in [-0.15, -0.1) is 0 Å². The average Bonchev–Trinajstić information content (AvgIpc) is 2.97. The van der Waals surface area contributed by atoms with Gasteiger partial charge in [-0.2, -0.15) is 8.75 Å². The summed E-state index contributed by atoms with van der Waals surface area (Å²) in [5.74, 6) is 0.212. The second kappa shape index (κ2) is 5.90. The summed E-state index contributed by atoms with van der Waals surface area (Å²) in [4.78, 5) is 0.154. The maximum atomic E-state index is 12.9. The van der Waals surface area contributed by atoms with Gasteiger partial charge in [-0.3, -0.25) is 4.72 Å². The van der Waals surface area contributed by atoms with E-state index < -0.39 is 10.0 Å². The van der Waals surface area contributed by atoms with Crippen LogP contribution in [0.3, 0.4) is 0 Å². The lowest BCUT2D eigenvalue weighted by molar-refractivity contribution is 0.602. The van der Waals surface area contributed by atoms with Crippen LogP contribution in [0.15, 0.2) is 41.3 Å². The van der Waals surface area contributed by atoms with E-state index in [1.54, 1.807) is 18.2 Å². The van der Waals surface area contributed by atoms with Gasteiger partial charge in [-0.25, -0.2) is 8.42 Å². The molecule has 0 saturated carbocycles. The Morgan fingerprint density at radius 3 is 2.57 bits per heavy atom. The van der Waals surface area contributed by atoms with E-state index in [4.69, 9.17) is 0 Å². The van der Waals surface area contributed by atoms with Crippen molar-refractivity contribution in [1.29, 1.82) is 0 Å². The second-order valence-corrected chi connectivity index (χ2v) is 7.87. The lowest BCUT2D eigenvalue weighted by atomic mass is 9.99. The van der Waals surface area contributed by atoms with Crippen molar-refractivity contribution in [3.63, 3.8) is 0 Å². The summed E-state index contributed by atoms with van der Waals surface area (Å²) in [5.41, 5.74) is 3.50. The summed E-state index contributed by atoms with van der Waals surface area (Å²) in [6.07, 6.45) is 0. The molecule has 7 heteroatoms. The van der Waals surface area contributed by atoms with E-state index in [9.17, 15) is 8.42 Å². The van der Waals surface area contributed by atoms with Crippen molar-refractivity contribution in [1.82, 2.24) is 8.75 Å². The predicted molar refractivity (Wildman–Crippen MR) is 93.5 cm³/mol. The van der Waals surface area contributed by atoms with Crippen molar-refractivity contribution in [2.75, 3.05) is 4.72 Å². The average molecular weight is 347 g/mol. The Morgan fingerprint density at radius 1 is 1.09 bits per heavy atom. The Balaban J connectivity index is 2.11. The first-order valence-corrected chi connectivity index (χ1v) is 9.45. The maximum absolute atomic E-state index is 12.9. The first-order chi connectivity index (χ1) is 10.9. The molecule has 0 spiro atoms. The van der Waals surface area contributed by atoms with Crippen LogP contribution < -0.4 is 4.72 Å². The highest BCUT2D eigenvalue weighted by molar-refractivity contribution is 7.93. The molecule has 3 aromatic rings. The van der Waals surface area contributed by atoms with Gasteiger partial charge in [-0.05, 0) is 36.1 Å². The monoisotopic (exact) mass is 347 g/mol. The number of anilines is 1. The molecule has 1 aromatic heterocycles. The Morgan fingerprint density at radius 2 is 1.83 bits per heavy atom. The van der Waals surface area contributed by atoms with E-state index in [0.717, 1.165) is 22.9 Å². The summed E-state index contributed by atoms with van der Waals surface area (Å²) in [7, 11) is -3.73. The van der Waals surface area contributed by atoms with E-state index in [0.29, 0.717) is 16.7 Å². The molecule has 0 fully saturated rings. The van der Waals surface area contributed by atoms with Crippen LogP contribution in [-0.2, 0) is 10.0 Å². The fourth-order valence-corrected chi connectivity index (χ4v) is 4.43. The zero-order valence-electron chi connectivity index (χ0n) is 13.1. The summed E-state index contributed by atoms with van der Waals surface area (Å²) in [6, 6.07) is 10.8. The minimum absolute atomic E-state index is 0.154. The Bertz CT molecular complexity index is 962. The molecule has 120 valence electrons. The van der Waals surface area contributed by atoms with Crippen LogP contribution in [0.5, 0.6) is 0 Å². The van der Waals surface area contributed by atoms with Crippen molar-refractivity contribution in [3.8, 4) is 0 Å². The lowest BCUT2D eigenvalue weighted by Gasteiger charge is -2.17. The number of para-hydroxylation sites is 1. The molecule has 0 bridgehead atoms. The largest absolute Gasteiger partial charge is 0.279 e. The molecule has 5 nitrogen and oxygen atoms in total. The molecular formula is C16H17N3O2S2. The van der Waals surface area contributed by atoms with Gasteiger partial charge in [0.2, 0.25) is 0 Å². The van der Waals surface area contributed by atoms with Crippen LogP contribution in [0.25, 0.3) is 11.0 Å². The SMILES string of the molecule is Cc1cccc(C(C)C)c1NS(=O)(=O)c1cccc2nsnc12. The molecule has 2 aromatic carbocycles. The molecule has 0 amide bonds. The van der Waals surface area contributed by atoms with Crippen LogP contribution in [-0.4, -0.2) is 17.2 Å². The summed E-state index contributed by atoms with van der Waals surface area (Å²) >= 11 is 1.01. The van der Waals surface area contributed by atoms with Crippen LogP contribution in [0, 0.1) is 6.92 Å². The quantitative estimate of drug-likeness (QED) is 0.776. The molecule has 1 N–H and O–H groups in total. The van der Waals surface area contributed by atoms with E-state index in [1.807, 2.05) is 39.0 Å². The number of hydrogen-bond donors (Lipinski definition) is 1. The van der Waals surface area contributed by atoms with Gasteiger partial charge in [0.1, 0.15) is 15.9 Å². The molecular weight excluding hydrogens is 330 g/mol. The zero-order valence-corrected chi connectivity index (χ0v) is 14.7. The van der Waals surface area contributed by atoms with Crippen LogP contribution >= 0.6 is 11.7 Å². The lowest BCUT2D eigenvalue weighted by Crippen LogP contribution is -2.16. The van der Waals surface area contributed by atoms with Crippen molar-refractivity contribution >= 4 is 38.5 Å². The maximum Gasteiger partial charge on any atom is 0.264 e. The molecule has 23 heavy (non-hydrogen) atoms. The molecule has 0 radical (unpaired) electrons. The van der Waals surface area contributed by atoms with Crippen molar-refractivity contribution in [3.05, 3.63) is 47.5 Å². The minimum atomic E-state index is -3.73. The van der Waals surface area contributed by atoms with E-state index >= 15 is 0 Å². The van der Waals surface area contributed by atoms with Gasteiger partial charge in [0.15, 0.2) is 0 Å². The standard InChI is InChI=1S/C16H17N3O2S2/c1-10(2)12-7-4-6-11(3)15(12)19-23(20,21)14-9-5-8-13-16(14)18-22-17-13/h4-10,19H,1-3H3. The van der Waals surface area contributed by atoms with E-state index in [1.165, 1.54) is 0 Å². The van der Waals surface area contributed by atoms with Gasteiger partial charge in [0.25, 0.3) is 10.0 Å². The molecule has 0 aliphatic rings. The topological polar surface area (TPSA) is 72.0 Å². The van der Waals surface area contributed by atoms with Gasteiger partial charge in [0, 0.05) is 0 Å². The summed E-state index contributed by atoms with van der Waals surface area (Å²) in [5, 5.41) is 0. The van der Waals surface area contributed by atoms with Crippen molar-refractivity contribution in [2.24, 2.45) is 0 Å². The van der Waals surface area contributed by atoms with E-state index in [2.05, 4.69) is 13.5 Å². The highest BCUT2D eigenvalue weighted by Crippen LogP contribution is 2.30. The number of rotatable bonds is 4. The smallest absolute Gasteiger partial charge is 0.264 e. The van der Waals surface area contributed by atoms with E-state index in [-0.39, 0.29) is 10.8 Å². The number of aromatic nitrogens is 2. The first kappa shape index (κ1) is 15.9. The number of sulfonamides is 1. The number of hydrogen-bond acceptors (Lipinski definition) is 5. The number of benzene rings is 2. The Kier molecular flexibility index (Phi) is 4.08. The molecule has 0 unspecified atom stereocenters. The van der Waals surface area contributed by atoms with Gasteiger partial charge >= 0.3 is 0 Å². The van der Waals surface area contributed by atoms with Crippen LogP contribution in [0.4, 0.5) is 5.69 Å². The highest BCUT2D eigenvalue weighted by Gasteiger charge is 2.22. The number of nitrogens with zero attached hydrogens (tertiary/aromatic N) is 2. The predicted octanol–water partition coefficient (Wildman–Crippen LogP) is 3.92. The molecule has 0 aliphatic heterocycles. The fraction of sp³-hybridized carbons (Fsp3) is 0.250. The number of fused-ring (bicyclic) bond motifs is 1. The first-order valence-electron chi connectivity index (χ1n) is 7.24. The van der Waals surface area contributed by atoms with Crippen LogP contribution in [0.2, 0.25) is 0 Å². The van der Waals surface area contributed by atoms with Crippen molar-refractivity contribution in [2.45, 2.75) is 31.6 Å². The minimum Gasteiger partial charge on any atom is -0.279 e. The summed E-state index contributed by atoms with van der Waals surface area (Å²) < 4.78 is 36.7. The number of nitrogens with one attached hydrogen (secondary N) is 1. The normalized spacial score (nSPS) is 12.0.